The van der Waals surface area contributed by atoms with E-state index in [1.165, 1.54) is 19.3 Å². The van der Waals surface area contributed by atoms with Gasteiger partial charge in [-0.3, -0.25) is 9.59 Å². The summed E-state index contributed by atoms with van der Waals surface area (Å²) in [5, 5.41) is 21.3. The summed E-state index contributed by atoms with van der Waals surface area (Å²) < 4.78 is 10.7. The van der Waals surface area contributed by atoms with Gasteiger partial charge in [0.1, 0.15) is 17.0 Å². The molecule has 2 atom stereocenters. The molecule has 37 heavy (non-hydrogen) atoms. The van der Waals surface area contributed by atoms with E-state index in [9.17, 15) is 24.6 Å². The molecule has 0 aromatic carbocycles. The first-order chi connectivity index (χ1) is 17.1. The van der Waals surface area contributed by atoms with E-state index in [2.05, 4.69) is 6.92 Å². The van der Waals surface area contributed by atoms with Crippen LogP contribution in [-0.4, -0.2) is 51.3 Å². The van der Waals surface area contributed by atoms with Crippen LogP contribution in [0.1, 0.15) is 132 Å². The summed E-state index contributed by atoms with van der Waals surface area (Å²) >= 11 is 0. The number of hydrogen-bond acceptors (Lipinski definition) is 7. The van der Waals surface area contributed by atoms with Gasteiger partial charge in [0.25, 0.3) is 0 Å². The Hall–Kier alpha value is -1.73. The van der Waals surface area contributed by atoms with Crippen molar-refractivity contribution in [1.82, 2.24) is 0 Å². The van der Waals surface area contributed by atoms with E-state index in [0.717, 1.165) is 38.5 Å². The lowest BCUT2D eigenvalue weighted by molar-refractivity contribution is -0.190. The van der Waals surface area contributed by atoms with Crippen molar-refractivity contribution in [2.75, 3.05) is 6.61 Å². The highest BCUT2D eigenvalue weighted by Gasteiger charge is 2.48. The molecule has 0 bridgehead atoms. The van der Waals surface area contributed by atoms with Gasteiger partial charge in [0.15, 0.2) is 5.60 Å². The molecule has 216 valence electrons. The maximum absolute atomic E-state index is 12.9. The molecule has 0 spiro atoms. The number of hydrogen-bond donors (Lipinski definition) is 2. The number of esters is 2. The van der Waals surface area contributed by atoms with Gasteiger partial charge in [0, 0.05) is 18.8 Å². The number of Topliss-reactive ketones (excluding diaryl/α,β-unsaturated/α-hetero) is 1. The molecule has 0 radical (unpaired) electrons. The van der Waals surface area contributed by atoms with Gasteiger partial charge in [0.05, 0.1) is 13.0 Å². The number of allylic oxidation sites excluding steroid dienone is 1. The maximum Gasteiger partial charge on any atom is 0.339 e. The van der Waals surface area contributed by atoms with E-state index in [1.54, 1.807) is 47.6 Å². The Balaban J connectivity index is 4.77. The molecule has 0 aromatic heterocycles. The molecule has 0 saturated heterocycles. The number of carbonyl (C=O) groups is 3. The monoisotopic (exact) mass is 526 g/mol. The number of ketones is 1. The third-order valence-corrected chi connectivity index (χ3v) is 5.90. The first kappa shape index (κ1) is 35.3. The van der Waals surface area contributed by atoms with Crippen LogP contribution in [0.3, 0.4) is 0 Å². The average Bonchev–Trinajstić information content (AvgIpc) is 2.75. The molecule has 0 fully saturated rings. The molecule has 0 aliphatic heterocycles. The van der Waals surface area contributed by atoms with Crippen LogP contribution >= 0.6 is 0 Å². The second-order valence-corrected chi connectivity index (χ2v) is 12.1. The van der Waals surface area contributed by atoms with Crippen LogP contribution in [0, 0.1) is 5.92 Å². The lowest BCUT2D eigenvalue weighted by Gasteiger charge is -2.34. The van der Waals surface area contributed by atoms with E-state index < -0.39 is 47.7 Å². The van der Waals surface area contributed by atoms with E-state index in [-0.39, 0.29) is 0 Å². The SMILES string of the molecule is CCCCCCCC(=O)CCCCCC/C=C/[C@H](CO)[C@@](O)(CC(=O)OC(C)(C)C)C(=O)OC(C)(C)C. The molecule has 7 heteroatoms. The summed E-state index contributed by atoms with van der Waals surface area (Å²) in [7, 11) is 0. The first-order valence-corrected chi connectivity index (χ1v) is 14.1. The van der Waals surface area contributed by atoms with E-state index in [4.69, 9.17) is 9.47 Å². The van der Waals surface area contributed by atoms with Crippen LogP contribution < -0.4 is 0 Å². The zero-order chi connectivity index (χ0) is 28.5. The molecule has 0 aromatic rings. The molecule has 0 aliphatic rings. The van der Waals surface area contributed by atoms with Crippen molar-refractivity contribution in [3.05, 3.63) is 12.2 Å². The Morgan fingerprint density at radius 2 is 1.30 bits per heavy atom. The van der Waals surface area contributed by atoms with E-state index in [1.807, 2.05) is 6.08 Å². The number of ether oxygens (including phenoxy) is 2. The Morgan fingerprint density at radius 3 is 1.78 bits per heavy atom. The van der Waals surface area contributed by atoms with Crippen LogP contribution in [0.5, 0.6) is 0 Å². The molecular weight excluding hydrogens is 472 g/mol. The van der Waals surface area contributed by atoms with E-state index >= 15 is 0 Å². The topological polar surface area (TPSA) is 110 Å². The molecule has 0 heterocycles. The minimum absolute atomic E-state index is 0.355. The fourth-order valence-corrected chi connectivity index (χ4v) is 3.94. The van der Waals surface area contributed by atoms with Gasteiger partial charge < -0.3 is 19.7 Å². The van der Waals surface area contributed by atoms with Crippen molar-refractivity contribution < 1.29 is 34.1 Å². The van der Waals surface area contributed by atoms with Crippen molar-refractivity contribution in [3.8, 4) is 0 Å². The summed E-state index contributed by atoms with van der Waals surface area (Å²) in [6.07, 6.45) is 14.3. The molecule has 0 saturated carbocycles. The van der Waals surface area contributed by atoms with Gasteiger partial charge in [0.2, 0.25) is 0 Å². The van der Waals surface area contributed by atoms with Crippen molar-refractivity contribution >= 4 is 17.7 Å². The van der Waals surface area contributed by atoms with Crippen LogP contribution in [-0.2, 0) is 23.9 Å². The van der Waals surface area contributed by atoms with Gasteiger partial charge >= 0.3 is 11.9 Å². The van der Waals surface area contributed by atoms with Gasteiger partial charge in [-0.25, -0.2) is 4.79 Å². The van der Waals surface area contributed by atoms with E-state index in [0.29, 0.717) is 25.0 Å². The number of aliphatic hydroxyl groups excluding tert-OH is 1. The minimum Gasteiger partial charge on any atom is -0.460 e. The van der Waals surface area contributed by atoms with Crippen molar-refractivity contribution in [2.45, 2.75) is 149 Å². The summed E-state index contributed by atoms with van der Waals surface area (Å²) in [5.74, 6) is -2.38. The molecular formula is C30H54O7. The summed E-state index contributed by atoms with van der Waals surface area (Å²) in [6.45, 7) is 11.8. The van der Waals surface area contributed by atoms with Gasteiger partial charge in [-0.2, -0.15) is 0 Å². The van der Waals surface area contributed by atoms with Crippen molar-refractivity contribution in [2.24, 2.45) is 5.92 Å². The van der Waals surface area contributed by atoms with Crippen LogP contribution in [0.4, 0.5) is 0 Å². The van der Waals surface area contributed by atoms with Gasteiger partial charge in [-0.05, 0) is 67.2 Å². The second kappa shape index (κ2) is 17.7. The van der Waals surface area contributed by atoms with Crippen molar-refractivity contribution in [3.63, 3.8) is 0 Å². The summed E-state index contributed by atoms with van der Waals surface area (Å²) in [6, 6.07) is 0. The summed E-state index contributed by atoms with van der Waals surface area (Å²) in [5.41, 5.74) is -3.91. The Labute approximate surface area is 225 Å². The Morgan fingerprint density at radius 1 is 0.784 bits per heavy atom. The number of aliphatic hydroxyl groups is 2. The molecule has 0 amide bonds. The number of unbranched alkanes of at least 4 members (excludes halogenated alkanes) is 8. The fraction of sp³-hybridized carbons (Fsp3) is 0.833. The van der Waals surface area contributed by atoms with Gasteiger partial charge in [-0.1, -0.05) is 57.6 Å². The largest absolute Gasteiger partial charge is 0.460 e. The summed E-state index contributed by atoms with van der Waals surface area (Å²) in [4.78, 5) is 37.4. The zero-order valence-corrected chi connectivity index (χ0v) is 24.6. The molecule has 0 rings (SSSR count). The van der Waals surface area contributed by atoms with Crippen molar-refractivity contribution in [1.29, 1.82) is 0 Å². The quantitative estimate of drug-likeness (QED) is 0.117. The minimum atomic E-state index is -2.25. The highest BCUT2D eigenvalue weighted by molar-refractivity contribution is 5.86. The third kappa shape index (κ3) is 17.4. The molecule has 0 aliphatic carbocycles. The van der Waals surface area contributed by atoms with Crippen LogP contribution in [0.2, 0.25) is 0 Å². The molecule has 7 nitrogen and oxygen atoms in total. The van der Waals surface area contributed by atoms with Crippen LogP contribution in [0.15, 0.2) is 12.2 Å². The predicted molar refractivity (Wildman–Crippen MR) is 147 cm³/mol. The third-order valence-electron chi connectivity index (χ3n) is 5.90. The number of rotatable bonds is 19. The lowest BCUT2D eigenvalue weighted by atomic mass is 9.84. The standard InChI is InChI=1S/C30H54O7/c1-8-9-10-13-17-20-25(32)21-18-15-12-11-14-16-19-24(23-31)30(35,27(34)37-29(5,6)7)22-26(33)36-28(2,3)4/h16,19,24,31,35H,8-15,17-18,20-23H2,1-7H3/b19-16+/t24-,30+/m1/s1. The van der Waals surface area contributed by atoms with Gasteiger partial charge in [-0.15, -0.1) is 0 Å². The maximum atomic E-state index is 12.9. The fourth-order valence-electron chi connectivity index (χ4n) is 3.94. The lowest BCUT2D eigenvalue weighted by Crippen LogP contribution is -2.52. The molecule has 2 N–H and O–H groups in total. The van der Waals surface area contributed by atoms with Crippen LogP contribution in [0.25, 0.3) is 0 Å². The average molecular weight is 527 g/mol. The Bertz CT molecular complexity index is 700. The smallest absolute Gasteiger partial charge is 0.339 e. The second-order valence-electron chi connectivity index (χ2n) is 12.1. The normalized spacial score (nSPS) is 14.8. The highest BCUT2D eigenvalue weighted by atomic mass is 16.6. The zero-order valence-electron chi connectivity index (χ0n) is 24.6. The number of carbonyl (C=O) groups excluding carboxylic acids is 3. The molecule has 0 unspecified atom stereocenters. The highest BCUT2D eigenvalue weighted by Crippen LogP contribution is 2.29. The first-order valence-electron chi connectivity index (χ1n) is 14.1. The predicted octanol–water partition coefficient (Wildman–Crippen LogP) is 6.23. The Kier molecular flexibility index (Phi) is 16.9.